The molecule has 0 bridgehead atoms. The predicted octanol–water partition coefficient (Wildman–Crippen LogP) is 2.38. The maximum absolute atomic E-state index is 12.1. The number of hydrogen-bond donors (Lipinski definition) is 2. The van der Waals surface area contributed by atoms with Crippen LogP contribution in [0.2, 0.25) is 0 Å². The molecule has 0 saturated heterocycles. The van der Waals surface area contributed by atoms with Crippen molar-refractivity contribution in [1.82, 2.24) is 5.32 Å². The van der Waals surface area contributed by atoms with Gasteiger partial charge in [0.1, 0.15) is 5.75 Å². The Hall–Kier alpha value is -1.69. The summed E-state index contributed by atoms with van der Waals surface area (Å²) in [5.74, 6) is -0.343. The van der Waals surface area contributed by atoms with Crippen LogP contribution in [0.5, 0.6) is 5.75 Å². The number of amides is 1. The van der Waals surface area contributed by atoms with Crippen LogP contribution in [0.3, 0.4) is 0 Å². The third-order valence-corrected chi connectivity index (χ3v) is 3.01. The molecular weight excluding hydrogens is 266 g/mol. The average Bonchev–Trinajstić information content (AvgIpc) is 2.35. The Bertz CT molecular complexity index is 437. The number of alkyl halides is 2. The van der Waals surface area contributed by atoms with Crippen LogP contribution >= 0.6 is 0 Å². The minimum Gasteiger partial charge on any atom is -0.435 e. The minimum atomic E-state index is -2.85. The predicted molar refractivity (Wildman–Crippen MR) is 72.5 cm³/mol. The van der Waals surface area contributed by atoms with Gasteiger partial charge in [0.15, 0.2) is 0 Å². The smallest absolute Gasteiger partial charge is 0.387 e. The number of rotatable bonds is 8. The maximum Gasteiger partial charge on any atom is 0.387 e. The second kappa shape index (κ2) is 7.19. The summed E-state index contributed by atoms with van der Waals surface area (Å²) in [6.45, 7) is 1.74. The summed E-state index contributed by atoms with van der Waals surface area (Å²) < 4.78 is 28.5. The summed E-state index contributed by atoms with van der Waals surface area (Å²) in [7, 11) is 0. The van der Waals surface area contributed by atoms with Gasteiger partial charge in [-0.1, -0.05) is 19.1 Å². The zero-order chi connectivity index (χ0) is 15.2. The topological polar surface area (TPSA) is 64.3 Å². The highest BCUT2D eigenvalue weighted by molar-refractivity contribution is 5.75. The van der Waals surface area contributed by atoms with Gasteiger partial charge in [0.25, 0.3) is 0 Å². The standard InChI is InChI=1S/C14H20F2N2O2/c1-3-8-18-14(2,9-12(17)19)10-4-6-11(7-5-10)20-13(15)16/h4-7,13,18H,3,8-9H2,1-2H3,(H2,17,19). The molecule has 1 amide bonds. The fourth-order valence-corrected chi connectivity index (χ4v) is 2.02. The van der Waals surface area contributed by atoms with E-state index in [2.05, 4.69) is 10.1 Å². The lowest BCUT2D eigenvalue weighted by atomic mass is 9.88. The van der Waals surface area contributed by atoms with Crippen LogP contribution in [0.25, 0.3) is 0 Å². The molecule has 4 nitrogen and oxygen atoms in total. The van der Waals surface area contributed by atoms with E-state index in [1.54, 1.807) is 12.1 Å². The molecule has 0 heterocycles. The van der Waals surface area contributed by atoms with Crippen molar-refractivity contribution in [3.05, 3.63) is 29.8 Å². The molecule has 1 aromatic rings. The zero-order valence-electron chi connectivity index (χ0n) is 11.7. The van der Waals surface area contributed by atoms with Gasteiger partial charge in [-0.2, -0.15) is 8.78 Å². The van der Waals surface area contributed by atoms with Gasteiger partial charge in [-0.25, -0.2) is 0 Å². The van der Waals surface area contributed by atoms with E-state index in [9.17, 15) is 13.6 Å². The lowest BCUT2D eigenvalue weighted by Gasteiger charge is -2.30. The highest BCUT2D eigenvalue weighted by Crippen LogP contribution is 2.27. The summed E-state index contributed by atoms with van der Waals surface area (Å²) in [6, 6.07) is 6.22. The van der Waals surface area contributed by atoms with Crippen LogP contribution in [0.15, 0.2) is 24.3 Å². The number of carbonyl (C=O) groups is 1. The molecule has 112 valence electrons. The van der Waals surface area contributed by atoms with E-state index in [1.807, 2.05) is 13.8 Å². The molecule has 1 unspecified atom stereocenters. The quantitative estimate of drug-likeness (QED) is 0.771. The average molecular weight is 286 g/mol. The van der Waals surface area contributed by atoms with Gasteiger partial charge in [0.2, 0.25) is 5.91 Å². The first-order chi connectivity index (χ1) is 9.37. The van der Waals surface area contributed by atoms with Crippen molar-refractivity contribution in [3.8, 4) is 5.75 Å². The van der Waals surface area contributed by atoms with Gasteiger partial charge in [-0.05, 0) is 37.6 Å². The first-order valence-corrected chi connectivity index (χ1v) is 6.46. The van der Waals surface area contributed by atoms with Crippen molar-refractivity contribution in [2.24, 2.45) is 5.73 Å². The molecule has 0 fully saturated rings. The SMILES string of the molecule is CCCNC(C)(CC(N)=O)c1ccc(OC(F)F)cc1. The van der Waals surface area contributed by atoms with Crippen LogP contribution in [-0.4, -0.2) is 19.1 Å². The largest absolute Gasteiger partial charge is 0.435 e. The molecule has 6 heteroatoms. The summed E-state index contributed by atoms with van der Waals surface area (Å²) in [4.78, 5) is 11.2. The number of benzene rings is 1. The second-order valence-corrected chi connectivity index (χ2v) is 4.80. The Labute approximate surface area is 117 Å². The Kier molecular flexibility index (Phi) is 5.88. The molecule has 3 N–H and O–H groups in total. The van der Waals surface area contributed by atoms with Crippen LogP contribution < -0.4 is 15.8 Å². The number of carbonyl (C=O) groups excluding carboxylic acids is 1. The van der Waals surface area contributed by atoms with Crippen LogP contribution in [0.4, 0.5) is 8.78 Å². The molecule has 1 atom stereocenters. The summed E-state index contributed by atoms with van der Waals surface area (Å²) >= 11 is 0. The molecule has 0 spiro atoms. The molecule has 0 aromatic heterocycles. The number of nitrogens with one attached hydrogen (secondary N) is 1. The van der Waals surface area contributed by atoms with Gasteiger partial charge in [0.05, 0.1) is 0 Å². The molecule has 0 radical (unpaired) electrons. The van der Waals surface area contributed by atoms with Gasteiger partial charge < -0.3 is 15.8 Å². The lowest BCUT2D eigenvalue weighted by Crippen LogP contribution is -2.43. The Morgan fingerprint density at radius 1 is 1.40 bits per heavy atom. The van der Waals surface area contributed by atoms with E-state index in [0.717, 1.165) is 18.5 Å². The third kappa shape index (κ3) is 4.77. The first-order valence-electron chi connectivity index (χ1n) is 6.46. The fourth-order valence-electron chi connectivity index (χ4n) is 2.02. The van der Waals surface area contributed by atoms with Crippen molar-refractivity contribution in [2.75, 3.05) is 6.54 Å². The Morgan fingerprint density at radius 3 is 2.45 bits per heavy atom. The van der Waals surface area contributed by atoms with E-state index >= 15 is 0 Å². The van der Waals surface area contributed by atoms with Crippen molar-refractivity contribution in [3.63, 3.8) is 0 Å². The third-order valence-electron chi connectivity index (χ3n) is 3.01. The van der Waals surface area contributed by atoms with E-state index < -0.39 is 18.1 Å². The number of ether oxygens (including phenoxy) is 1. The number of hydrogen-bond acceptors (Lipinski definition) is 3. The summed E-state index contributed by atoms with van der Waals surface area (Å²) in [5, 5.41) is 3.26. The van der Waals surface area contributed by atoms with Crippen LogP contribution in [0.1, 0.15) is 32.3 Å². The van der Waals surface area contributed by atoms with Crippen molar-refractivity contribution in [2.45, 2.75) is 38.8 Å². The summed E-state index contributed by atoms with van der Waals surface area (Å²) in [5.41, 5.74) is 5.46. The molecule has 20 heavy (non-hydrogen) atoms. The highest BCUT2D eigenvalue weighted by atomic mass is 19.3. The second-order valence-electron chi connectivity index (χ2n) is 4.80. The maximum atomic E-state index is 12.1. The monoisotopic (exact) mass is 286 g/mol. The summed E-state index contributed by atoms with van der Waals surface area (Å²) in [6.07, 6.45) is 1.03. The van der Waals surface area contributed by atoms with Gasteiger partial charge in [0, 0.05) is 12.0 Å². The number of primary amides is 1. The van der Waals surface area contributed by atoms with Gasteiger partial charge in [-0.15, -0.1) is 0 Å². The van der Waals surface area contributed by atoms with E-state index in [-0.39, 0.29) is 12.2 Å². The van der Waals surface area contributed by atoms with Crippen molar-refractivity contribution < 1.29 is 18.3 Å². The minimum absolute atomic E-state index is 0.0840. The van der Waals surface area contributed by atoms with E-state index in [4.69, 9.17) is 5.73 Å². The van der Waals surface area contributed by atoms with Crippen LogP contribution in [-0.2, 0) is 10.3 Å². The first kappa shape index (κ1) is 16.4. The van der Waals surface area contributed by atoms with Crippen LogP contribution in [0, 0.1) is 0 Å². The van der Waals surface area contributed by atoms with Crippen molar-refractivity contribution in [1.29, 1.82) is 0 Å². The van der Waals surface area contributed by atoms with E-state index in [1.165, 1.54) is 12.1 Å². The van der Waals surface area contributed by atoms with Crippen molar-refractivity contribution >= 4 is 5.91 Å². The normalized spacial score (nSPS) is 14.1. The van der Waals surface area contributed by atoms with Gasteiger partial charge in [-0.3, -0.25) is 4.79 Å². The van der Waals surface area contributed by atoms with Gasteiger partial charge >= 0.3 is 6.61 Å². The Balaban J connectivity index is 2.92. The zero-order valence-corrected chi connectivity index (χ0v) is 11.7. The molecule has 0 saturated carbocycles. The number of nitrogens with two attached hydrogens (primary N) is 1. The molecule has 0 aliphatic heterocycles. The molecule has 1 aromatic carbocycles. The molecule has 0 aliphatic rings. The lowest BCUT2D eigenvalue weighted by molar-refractivity contribution is -0.119. The molecular formula is C14H20F2N2O2. The Morgan fingerprint density at radius 2 is 2.00 bits per heavy atom. The fraction of sp³-hybridized carbons (Fsp3) is 0.500. The van der Waals surface area contributed by atoms with E-state index in [0.29, 0.717) is 0 Å². The molecule has 1 rings (SSSR count). The number of halogens is 2. The molecule has 0 aliphatic carbocycles. The highest BCUT2D eigenvalue weighted by Gasteiger charge is 2.28.